The van der Waals surface area contributed by atoms with E-state index in [4.69, 9.17) is 70.2 Å². The number of carbonyl (C=O) groups is 1. The van der Waals surface area contributed by atoms with Crippen LogP contribution in [0, 0.1) is 6.92 Å². The van der Waals surface area contributed by atoms with Crippen molar-refractivity contribution in [2.75, 3.05) is 5.32 Å². The van der Waals surface area contributed by atoms with Crippen LogP contribution < -0.4 is 16.0 Å². The van der Waals surface area contributed by atoms with E-state index in [0.717, 1.165) is 14.5 Å². The van der Waals surface area contributed by atoms with Gasteiger partial charge in [-0.2, -0.15) is 0 Å². The van der Waals surface area contributed by atoms with Crippen LogP contribution in [0.15, 0.2) is 39.3 Å². The van der Waals surface area contributed by atoms with Gasteiger partial charge in [-0.15, -0.1) is 0 Å². The van der Waals surface area contributed by atoms with E-state index in [0.29, 0.717) is 10.7 Å². The number of aryl methyl sites for hydroxylation is 1. The lowest BCUT2D eigenvalue weighted by molar-refractivity contribution is 0.0934. The molecule has 156 valence electrons. The van der Waals surface area contributed by atoms with Crippen LogP contribution in [0.4, 0.5) is 5.69 Å². The van der Waals surface area contributed by atoms with E-state index in [1.807, 2.05) is 19.1 Å². The molecule has 29 heavy (non-hydrogen) atoms. The molecule has 0 saturated heterocycles. The van der Waals surface area contributed by atoms with Crippen LogP contribution in [-0.4, -0.2) is 21.0 Å². The van der Waals surface area contributed by atoms with Gasteiger partial charge in [-0.05, 0) is 86.9 Å². The molecule has 2 aromatic carbocycles. The zero-order valence-electron chi connectivity index (χ0n) is 14.4. The molecule has 0 aromatic heterocycles. The second-order valence-electron chi connectivity index (χ2n) is 5.77. The Labute approximate surface area is 215 Å². The van der Waals surface area contributed by atoms with Gasteiger partial charge < -0.3 is 16.0 Å². The first-order chi connectivity index (χ1) is 13.4. The molecule has 0 aliphatic heterocycles. The van der Waals surface area contributed by atoms with E-state index in [1.54, 1.807) is 0 Å². The number of hydrogen-bond acceptors (Lipinski definition) is 2. The van der Waals surface area contributed by atoms with Crippen molar-refractivity contribution >= 4 is 119 Å². The van der Waals surface area contributed by atoms with Gasteiger partial charge in [0.1, 0.15) is 6.17 Å². The Morgan fingerprint density at radius 1 is 1.07 bits per heavy atom. The molecular weight excluding hydrogens is 631 g/mol. The first-order valence-electron chi connectivity index (χ1n) is 7.74. The highest BCUT2D eigenvalue weighted by molar-refractivity contribution is 9.11. The molecule has 0 aliphatic rings. The van der Waals surface area contributed by atoms with Crippen molar-refractivity contribution in [1.82, 2.24) is 10.6 Å². The normalized spacial score (nSPS) is 12.3. The average molecular weight is 643 g/mol. The highest BCUT2D eigenvalue weighted by Crippen LogP contribution is 2.33. The summed E-state index contributed by atoms with van der Waals surface area (Å²) in [5.41, 5.74) is 1.88. The Balaban J connectivity index is 2.17. The molecule has 0 fully saturated rings. The lowest BCUT2D eigenvalue weighted by Crippen LogP contribution is -2.56. The Kier molecular flexibility index (Phi) is 9.19. The number of thiocarbonyl (C=S) groups is 1. The molecule has 1 unspecified atom stereocenters. The summed E-state index contributed by atoms with van der Waals surface area (Å²) < 4.78 is -0.367. The molecule has 2 aromatic rings. The van der Waals surface area contributed by atoms with Crippen LogP contribution in [0.3, 0.4) is 0 Å². The third-order valence-corrected chi connectivity index (χ3v) is 6.15. The van der Waals surface area contributed by atoms with Crippen LogP contribution in [0.5, 0.6) is 0 Å². The first kappa shape index (κ1) is 25.3. The lowest BCUT2D eigenvalue weighted by Gasteiger charge is -2.28. The quantitative estimate of drug-likeness (QED) is 0.187. The predicted molar refractivity (Wildman–Crippen MR) is 134 cm³/mol. The van der Waals surface area contributed by atoms with Crippen molar-refractivity contribution in [3.8, 4) is 0 Å². The summed E-state index contributed by atoms with van der Waals surface area (Å²) in [7, 11) is 0. The third-order valence-electron chi connectivity index (χ3n) is 3.48. The van der Waals surface area contributed by atoms with Crippen molar-refractivity contribution in [1.29, 1.82) is 0 Å². The van der Waals surface area contributed by atoms with E-state index in [2.05, 4.69) is 47.8 Å². The summed E-state index contributed by atoms with van der Waals surface area (Å²) in [5.74, 6) is -0.573. The van der Waals surface area contributed by atoms with Crippen LogP contribution in [-0.2, 0) is 0 Å². The molecule has 2 rings (SSSR count). The summed E-state index contributed by atoms with van der Waals surface area (Å²) in [4.78, 5) is 12.6. The summed E-state index contributed by atoms with van der Waals surface area (Å²) in [6.45, 7) is 1.95. The molecule has 12 heteroatoms. The van der Waals surface area contributed by atoms with E-state index in [9.17, 15) is 4.79 Å². The van der Waals surface area contributed by atoms with Crippen molar-refractivity contribution in [3.05, 3.63) is 60.4 Å². The van der Waals surface area contributed by atoms with Gasteiger partial charge >= 0.3 is 0 Å². The molecule has 0 spiro atoms. The Morgan fingerprint density at radius 2 is 1.66 bits per heavy atom. The molecule has 1 amide bonds. The molecule has 3 N–H and O–H groups in total. The van der Waals surface area contributed by atoms with Crippen molar-refractivity contribution < 1.29 is 4.79 Å². The van der Waals surface area contributed by atoms with E-state index in [1.165, 1.54) is 18.2 Å². The second kappa shape index (κ2) is 10.6. The average Bonchev–Trinajstić information content (AvgIpc) is 2.56. The zero-order valence-corrected chi connectivity index (χ0v) is 22.2. The fourth-order valence-corrected chi connectivity index (χ4v) is 4.84. The van der Waals surface area contributed by atoms with E-state index in [-0.39, 0.29) is 15.7 Å². The van der Waals surface area contributed by atoms with Gasteiger partial charge in [0, 0.05) is 14.0 Å². The number of benzene rings is 2. The standard InChI is InChI=1S/C17H12Br2Cl5N3OS/c1-7-4-10(18)13(11(19)5-7)25-16(29)27-15(17(22,23)24)26-14(28)9-3-2-8(20)6-12(9)21/h2-6,15H,1H3,(H,26,28)(H2,25,27,29). The summed E-state index contributed by atoms with van der Waals surface area (Å²) in [6, 6.07) is 8.25. The maximum absolute atomic E-state index is 12.6. The smallest absolute Gasteiger partial charge is 0.254 e. The van der Waals surface area contributed by atoms with Gasteiger partial charge in [-0.3, -0.25) is 4.79 Å². The van der Waals surface area contributed by atoms with Gasteiger partial charge in [0.25, 0.3) is 5.91 Å². The number of rotatable bonds is 4. The SMILES string of the molecule is Cc1cc(Br)c(NC(=S)NC(NC(=O)c2ccc(Cl)cc2Cl)C(Cl)(Cl)Cl)c(Br)c1. The Bertz CT molecular complexity index is 932. The topological polar surface area (TPSA) is 53.2 Å². The maximum Gasteiger partial charge on any atom is 0.254 e. The molecule has 0 heterocycles. The Hall–Kier alpha value is 0.0100. The fourth-order valence-electron chi connectivity index (χ4n) is 2.18. The van der Waals surface area contributed by atoms with Gasteiger partial charge in [0.15, 0.2) is 5.11 Å². The lowest BCUT2D eigenvalue weighted by atomic mass is 10.2. The van der Waals surface area contributed by atoms with Crippen LogP contribution >= 0.6 is 102 Å². The van der Waals surface area contributed by atoms with Crippen molar-refractivity contribution in [3.63, 3.8) is 0 Å². The molecule has 0 aliphatic carbocycles. The van der Waals surface area contributed by atoms with Crippen LogP contribution in [0.1, 0.15) is 15.9 Å². The van der Waals surface area contributed by atoms with Gasteiger partial charge in [0.2, 0.25) is 3.79 Å². The van der Waals surface area contributed by atoms with Crippen LogP contribution in [0.2, 0.25) is 10.0 Å². The minimum atomic E-state index is -1.91. The van der Waals surface area contributed by atoms with Crippen molar-refractivity contribution in [2.45, 2.75) is 16.9 Å². The molecule has 4 nitrogen and oxygen atoms in total. The van der Waals surface area contributed by atoms with Gasteiger partial charge in [-0.1, -0.05) is 58.0 Å². The first-order valence-corrected chi connectivity index (χ1v) is 11.6. The maximum atomic E-state index is 12.6. The van der Waals surface area contributed by atoms with E-state index < -0.39 is 15.9 Å². The fraction of sp³-hybridized carbons (Fsp3) is 0.176. The number of carbonyl (C=O) groups excluding carboxylic acids is 1. The minimum Gasteiger partial charge on any atom is -0.339 e. The number of amides is 1. The zero-order chi connectivity index (χ0) is 21.9. The summed E-state index contributed by atoms with van der Waals surface area (Å²) in [6.07, 6.45) is -1.16. The summed E-state index contributed by atoms with van der Waals surface area (Å²) >= 11 is 42.2. The van der Waals surface area contributed by atoms with Gasteiger partial charge in [0.05, 0.1) is 16.3 Å². The number of alkyl halides is 3. The Morgan fingerprint density at radius 3 is 2.17 bits per heavy atom. The number of halogens is 7. The van der Waals surface area contributed by atoms with Crippen LogP contribution in [0.25, 0.3) is 0 Å². The number of anilines is 1. The predicted octanol–water partition coefficient (Wildman–Crippen LogP) is 7.24. The molecule has 0 radical (unpaired) electrons. The van der Waals surface area contributed by atoms with Gasteiger partial charge in [-0.25, -0.2) is 0 Å². The van der Waals surface area contributed by atoms with Crippen molar-refractivity contribution in [2.24, 2.45) is 0 Å². The highest BCUT2D eigenvalue weighted by Gasteiger charge is 2.35. The summed E-state index contributed by atoms with van der Waals surface area (Å²) in [5, 5.41) is 9.02. The number of hydrogen-bond donors (Lipinski definition) is 3. The molecule has 0 saturated carbocycles. The number of nitrogens with one attached hydrogen (secondary N) is 3. The minimum absolute atomic E-state index is 0.120. The molecule has 0 bridgehead atoms. The molecule has 1 atom stereocenters. The largest absolute Gasteiger partial charge is 0.339 e. The van der Waals surface area contributed by atoms with E-state index >= 15 is 0 Å². The monoisotopic (exact) mass is 639 g/mol. The third kappa shape index (κ3) is 7.28. The second-order valence-corrected chi connectivity index (χ2v) is 11.1. The molecular formula is C17H12Br2Cl5N3OS. The highest BCUT2D eigenvalue weighted by atomic mass is 79.9.